The van der Waals surface area contributed by atoms with Crippen LogP contribution in [0.3, 0.4) is 0 Å². The van der Waals surface area contributed by atoms with Crippen LogP contribution in [0.1, 0.15) is 6.92 Å². The number of carbonyl (C=O) groups excluding carboxylic acids is 2. The fourth-order valence-corrected chi connectivity index (χ4v) is 1.52. The van der Waals surface area contributed by atoms with Gasteiger partial charge in [0, 0.05) is 18.6 Å². The molecule has 0 aromatic carbocycles. The molecule has 0 saturated heterocycles. The van der Waals surface area contributed by atoms with Crippen LogP contribution in [0.5, 0.6) is 0 Å². The number of hydrogen-bond acceptors (Lipinski definition) is 6. The van der Waals surface area contributed by atoms with E-state index in [9.17, 15) is 9.59 Å². The molecule has 0 rings (SSSR count). The van der Waals surface area contributed by atoms with Crippen LogP contribution in [0.2, 0.25) is 0 Å². The lowest BCUT2D eigenvalue weighted by molar-refractivity contribution is -0.134. The van der Waals surface area contributed by atoms with E-state index in [1.54, 1.807) is 14.0 Å². The van der Waals surface area contributed by atoms with Gasteiger partial charge in [-0.25, -0.2) is 0 Å². The van der Waals surface area contributed by atoms with Crippen LogP contribution in [0.15, 0.2) is 0 Å². The summed E-state index contributed by atoms with van der Waals surface area (Å²) in [7, 11) is 3.07. The SMILES string of the molecule is CNC(=O)C(N)(CS)NC(=O)C(C)(CS)NC. The van der Waals surface area contributed by atoms with E-state index < -0.39 is 23.0 Å². The molecule has 0 aromatic rings. The minimum absolute atomic E-state index is 0.00915. The van der Waals surface area contributed by atoms with Gasteiger partial charge in [-0.1, -0.05) is 0 Å². The van der Waals surface area contributed by atoms with Crippen molar-refractivity contribution in [1.29, 1.82) is 0 Å². The van der Waals surface area contributed by atoms with E-state index in [2.05, 4.69) is 41.2 Å². The molecule has 0 aliphatic carbocycles. The first kappa shape index (κ1) is 16.6. The third kappa shape index (κ3) is 3.77. The van der Waals surface area contributed by atoms with Crippen molar-refractivity contribution in [3.63, 3.8) is 0 Å². The molecule has 0 radical (unpaired) electrons. The van der Waals surface area contributed by atoms with Crippen molar-refractivity contribution < 1.29 is 9.59 Å². The van der Waals surface area contributed by atoms with Crippen LogP contribution >= 0.6 is 25.3 Å². The molecule has 0 aliphatic heterocycles. The molecule has 0 saturated carbocycles. The van der Waals surface area contributed by atoms with Crippen LogP contribution in [-0.2, 0) is 9.59 Å². The lowest BCUT2D eigenvalue weighted by Gasteiger charge is -2.33. The monoisotopic (exact) mass is 280 g/mol. The molecule has 2 unspecified atom stereocenters. The molecular formula is C9H20N4O2S2. The zero-order chi connectivity index (χ0) is 13.7. The summed E-state index contributed by atoms with van der Waals surface area (Å²) in [5, 5.41) is 7.69. The molecule has 100 valence electrons. The second-order valence-electron chi connectivity index (χ2n) is 3.90. The van der Waals surface area contributed by atoms with E-state index in [1.807, 2.05) is 0 Å². The molecule has 2 atom stereocenters. The van der Waals surface area contributed by atoms with E-state index in [-0.39, 0.29) is 11.5 Å². The maximum atomic E-state index is 12.0. The zero-order valence-electron chi connectivity index (χ0n) is 10.2. The summed E-state index contributed by atoms with van der Waals surface area (Å²) in [5.41, 5.74) is 3.36. The van der Waals surface area contributed by atoms with Crippen LogP contribution in [-0.4, -0.2) is 48.6 Å². The van der Waals surface area contributed by atoms with Crippen molar-refractivity contribution in [3.8, 4) is 0 Å². The Morgan fingerprint density at radius 2 is 1.71 bits per heavy atom. The first-order valence-electron chi connectivity index (χ1n) is 5.04. The number of hydrogen-bond donors (Lipinski definition) is 6. The number of likely N-dealkylation sites (N-methyl/N-ethyl adjacent to an activating group) is 2. The van der Waals surface area contributed by atoms with Crippen LogP contribution in [0.25, 0.3) is 0 Å². The third-order valence-corrected chi connectivity index (χ3v) is 3.72. The molecular weight excluding hydrogens is 260 g/mol. The van der Waals surface area contributed by atoms with Gasteiger partial charge in [0.25, 0.3) is 5.91 Å². The number of nitrogens with one attached hydrogen (secondary N) is 3. The van der Waals surface area contributed by atoms with Gasteiger partial charge in [0.1, 0.15) is 5.54 Å². The second-order valence-corrected chi connectivity index (χ2v) is 4.54. The van der Waals surface area contributed by atoms with Gasteiger partial charge in [0.15, 0.2) is 5.66 Å². The summed E-state index contributed by atoms with van der Waals surface area (Å²) in [5.74, 6) is -0.648. The molecule has 5 N–H and O–H groups in total. The Bertz CT molecular complexity index is 297. The Hall–Kier alpha value is -0.440. The van der Waals surface area contributed by atoms with Crippen molar-refractivity contribution in [3.05, 3.63) is 0 Å². The molecule has 0 bridgehead atoms. The van der Waals surface area contributed by atoms with Crippen molar-refractivity contribution in [1.82, 2.24) is 16.0 Å². The third-order valence-electron chi connectivity index (χ3n) is 2.59. The quantitative estimate of drug-likeness (QED) is 0.259. The molecule has 6 nitrogen and oxygen atoms in total. The van der Waals surface area contributed by atoms with Gasteiger partial charge in [-0.15, -0.1) is 0 Å². The minimum atomic E-state index is -1.53. The lowest BCUT2D eigenvalue weighted by atomic mass is 10.0. The topological polar surface area (TPSA) is 96.2 Å². The number of nitrogens with two attached hydrogens (primary N) is 1. The van der Waals surface area contributed by atoms with E-state index in [4.69, 9.17) is 5.73 Å². The summed E-state index contributed by atoms with van der Waals surface area (Å²) < 4.78 is 0. The van der Waals surface area contributed by atoms with Crippen LogP contribution < -0.4 is 21.7 Å². The Balaban J connectivity index is 4.92. The van der Waals surface area contributed by atoms with E-state index >= 15 is 0 Å². The smallest absolute Gasteiger partial charge is 0.261 e. The maximum absolute atomic E-state index is 12.0. The molecule has 17 heavy (non-hydrogen) atoms. The van der Waals surface area contributed by atoms with Crippen molar-refractivity contribution in [2.24, 2.45) is 5.73 Å². The molecule has 0 spiro atoms. The van der Waals surface area contributed by atoms with E-state index in [1.165, 1.54) is 7.05 Å². The summed E-state index contributed by atoms with van der Waals surface area (Å²) >= 11 is 8.07. The number of carbonyl (C=O) groups is 2. The standard InChI is InChI=1S/C9H20N4O2S2/c1-8(4-16,12-3)6(14)13-9(10,5-17)7(15)11-2/h12,16-17H,4-5,10H2,1-3H3,(H,11,15)(H,13,14). The fraction of sp³-hybridized carbons (Fsp3) is 0.778. The normalized spacial score (nSPS) is 17.8. The van der Waals surface area contributed by atoms with Crippen molar-refractivity contribution in [2.75, 3.05) is 25.6 Å². The summed E-state index contributed by atoms with van der Waals surface area (Å²) in [4.78, 5) is 23.6. The van der Waals surface area contributed by atoms with Gasteiger partial charge in [-0.3, -0.25) is 9.59 Å². The highest BCUT2D eigenvalue weighted by Crippen LogP contribution is 2.08. The van der Waals surface area contributed by atoms with Crippen molar-refractivity contribution in [2.45, 2.75) is 18.1 Å². The highest BCUT2D eigenvalue weighted by molar-refractivity contribution is 7.80. The van der Waals surface area contributed by atoms with Gasteiger partial charge in [-0.2, -0.15) is 25.3 Å². The Labute approximate surface area is 112 Å². The Morgan fingerprint density at radius 3 is 2.00 bits per heavy atom. The maximum Gasteiger partial charge on any atom is 0.261 e. The Morgan fingerprint density at radius 1 is 1.18 bits per heavy atom. The average Bonchev–Trinajstić information content (AvgIpc) is 2.36. The molecule has 0 aromatic heterocycles. The number of amides is 2. The molecule has 2 amide bonds. The predicted molar refractivity (Wildman–Crippen MR) is 74.3 cm³/mol. The Kier molecular flexibility index (Phi) is 6.31. The molecule has 0 heterocycles. The van der Waals surface area contributed by atoms with Crippen LogP contribution in [0.4, 0.5) is 0 Å². The lowest BCUT2D eigenvalue weighted by Crippen LogP contribution is -2.70. The fourth-order valence-electron chi connectivity index (χ4n) is 0.996. The van der Waals surface area contributed by atoms with E-state index in [0.29, 0.717) is 0 Å². The largest absolute Gasteiger partial charge is 0.356 e. The number of rotatable bonds is 6. The van der Waals surface area contributed by atoms with Gasteiger partial charge >= 0.3 is 0 Å². The number of thiol groups is 2. The van der Waals surface area contributed by atoms with E-state index in [0.717, 1.165) is 0 Å². The molecule has 0 aliphatic rings. The predicted octanol–water partition coefficient (Wildman–Crippen LogP) is -1.66. The molecule has 0 fully saturated rings. The summed E-state index contributed by atoms with van der Waals surface area (Å²) in [6.45, 7) is 1.66. The minimum Gasteiger partial charge on any atom is -0.356 e. The highest BCUT2D eigenvalue weighted by atomic mass is 32.1. The van der Waals surface area contributed by atoms with Gasteiger partial charge in [-0.05, 0) is 14.0 Å². The zero-order valence-corrected chi connectivity index (χ0v) is 12.0. The highest BCUT2D eigenvalue weighted by Gasteiger charge is 2.39. The van der Waals surface area contributed by atoms with Gasteiger partial charge in [0.2, 0.25) is 5.91 Å². The van der Waals surface area contributed by atoms with Crippen LogP contribution in [0, 0.1) is 0 Å². The average molecular weight is 280 g/mol. The molecule has 8 heteroatoms. The summed E-state index contributed by atoms with van der Waals surface area (Å²) in [6.07, 6.45) is 0. The van der Waals surface area contributed by atoms with Gasteiger partial charge < -0.3 is 21.7 Å². The first-order chi connectivity index (χ1) is 7.79. The van der Waals surface area contributed by atoms with Gasteiger partial charge in [0.05, 0.1) is 0 Å². The summed E-state index contributed by atoms with van der Waals surface area (Å²) in [6, 6.07) is 0. The second kappa shape index (κ2) is 6.48. The first-order valence-corrected chi connectivity index (χ1v) is 6.30. The van der Waals surface area contributed by atoms with Crippen molar-refractivity contribution >= 4 is 37.1 Å².